The third-order valence-electron chi connectivity index (χ3n) is 3.12. The Morgan fingerprint density at radius 3 is 2.36 bits per heavy atom. The van der Waals surface area contributed by atoms with Gasteiger partial charge in [0.25, 0.3) is 0 Å². The highest BCUT2D eigenvalue weighted by molar-refractivity contribution is 9.10. The predicted octanol–water partition coefficient (Wildman–Crippen LogP) is 3.33. The molecule has 0 amide bonds. The van der Waals surface area contributed by atoms with Crippen molar-refractivity contribution in [2.45, 2.75) is 37.5 Å². The van der Waals surface area contributed by atoms with Gasteiger partial charge in [-0.3, -0.25) is 0 Å². The van der Waals surface area contributed by atoms with Gasteiger partial charge < -0.3 is 5.11 Å². The van der Waals surface area contributed by atoms with Crippen molar-refractivity contribution in [3.63, 3.8) is 0 Å². The number of alkyl halides is 1. The maximum absolute atomic E-state index is 14.2. The van der Waals surface area contributed by atoms with E-state index in [1.54, 1.807) is 20.8 Å². The van der Waals surface area contributed by atoms with Crippen molar-refractivity contribution in [3.8, 4) is 0 Å². The van der Waals surface area contributed by atoms with Crippen molar-refractivity contribution in [3.05, 3.63) is 33.8 Å². The number of hydrogen-bond donors (Lipinski definition) is 2. The molecule has 3 nitrogen and oxygen atoms in total. The number of aliphatic hydroxyl groups is 1. The maximum atomic E-state index is 14.2. The summed E-state index contributed by atoms with van der Waals surface area (Å²) in [6.45, 7) is 3.36. The van der Waals surface area contributed by atoms with Crippen LogP contribution in [0.3, 0.4) is 0 Å². The average Bonchev–Trinajstić information content (AvgIpc) is 2.41. The molecule has 2 N–H and O–H groups in total. The average molecular weight is 402 g/mol. The zero-order valence-corrected chi connectivity index (χ0v) is 15.0. The highest BCUT2D eigenvalue weighted by Gasteiger charge is 2.39. The minimum Gasteiger partial charge on any atom is -0.396 e. The van der Waals surface area contributed by atoms with Crippen LogP contribution in [0.4, 0.5) is 13.2 Å². The van der Waals surface area contributed by atoms with E-state index in [1.165, 1.54) is 6.07 Å². The summed E-state index contributed by atoms with van der Waals surface area (Å²) in [7, 11) is -1.74. The Balaban J connectivity index is 3.43. The van der Waals surface area contributed by atoms with E-state index in [0.29, 0.717) is 0 Å². The van der Waals surface area contributed by atoms with Gasteiger partial charge in [-0.2, -0.15) is 0 Å². The van der Waals surface area contributed by atoms with Gasteiger partial charge in [0.1, 0.15) is 6.67 Å². The molecular weight excluding hydrogens is 383 g/mol. The molecule has 0 aliphatic heterocycles. The van der Waals surface area contributed by atoms with Crippen LogP contribution in [-0.4, -0.2) is 27.3 Å². The van der Waals surface area contributed by atoms with Crippen LogP contribution >= 0.6 is 15.9 Å². The van der Waals surface area contributed by atoms with E-state index in [0.717, 1.165) is 6.07 Å². The highest BCUT2D eigenvalue weighted by Crippen LogP contribution is 2.33. The van der Waals surface area contributed by atoms with Gasteiger partial charge in [0.05, 0.1) is 21.3 Å². The molecule has 0 fully saturated rings. The summed E-state index contributed by atoms with van der Waals surface area (Å²) in [6.07, 6.45) is -0.252. The molecule has 0 radical (unpaired) electrons. The Kier molecular flexibility index (Phi) is 6.61. The van der Waals surface area contributed by atoms with Gasteiger partial charge in [-0.05, 0) is 39.3 Å². The van der Waals surface area contributed by atoms with Gasteiger partial charge in [-0.15, -0.1) is 0 Å². The van der Waals surface area contributed by atoms with E-state index in [-0.39, 0.29) is 16.5 Å². The lowest BCUT2D eigenvalue weighted by molar-refractivity contribution is 0.192. The fourth-order valence-corrected chi connectivity index (χ4v) is 3.19. The first kappa shape index (κ1) is 19.6. The smallest absolute Gasteiger partial charge is 0.164 e. The van der Waals surface area contributed by atoms with Crippen molar-refractivity contribution >= 4 is 26.9 Å². The molecule has 22 heavy (non-hydrogen) atoms. The summed E-state index contributed by atoms with van der Waals surface area (Å²) < 4.78 is 55.9. The topological polar surface area (TPSA) is 49.3 Å². The van der Waals surface area contributed by atoms with E-state index in [1.807, 2.05) is 0 Å². The molecule has 1 rings (SSSR count). The van der Waals surface area contributed by atoms with Crippen LogP contribution in [0, 0.1) is 11.6 Å². The van der Waals surface area contributed by atoms with Crippen LogP contribution < -0.4 is 4.72 Å². The number of aliphatic hydroxyl groups excluding tert-OH is 1. The lowest BCUT2D eigenvalue weighted by Crippen LogP contribution is -2.50. The fraction of sp³-hybridized carbons (Fsp3) is 0.571. The molecule has 1 aromatic rings. The zero-order valence-electron chi connectivity index (χ0n) is 12.6. The maximum Gasteiger partial charge on any atom is 0.164 e. The Morgan fingerprint density at radius 1 is 1.32 bits per heavy atom. The monoisotopic (exact) mass is 401 g/mol. The predicted molar refractivity (Wildman–Crippen MR) is 84.4 cm³/mol. The normalized spacial score (nSPS) is 16.4. The highest BCUT2D eigenvalue weighted by atomic mass is 79.9. The van der Waals surface area contributed by atoms with Crippen LogP contribution in [0.15, 0.2) is 16.6 Å². The van der Waals surface area contributed by atoms with Crippen molar-refractivity contribution in [1.82, 2.24) is 4.72 Å². The second-order valence-corrected chi connectivity index (χ2v) is 8.80. The number of rotatable bonds is 6. The molecule has 0 bridgehead atoms. The Labute approximate surface area is 139 Å². The number of hydrogen-bond acceptors (Lipinski definition) is 2. The quantitative estimate of drug-likeness (QED) is 0.718. The SMILES string of the molecule is CC(C)(C)[S@@](=O)N[C@@](CF)(CCO)c1cc(Br)cc(F)c1F. The first-order valence-corrected chi connectivity index (χ1v) is 8.53. The molecule has 0 saturated heterocycles. The molecule has 126 valence electrons. The van der Waals surface area contributed by atoms with Crippen LogP contribution in [-0.2, 0) is 16.5 Å². The van der Waals surface area contributed by atoms with Crippen molar-refractivity contribution in [2.75, 3.05) is 13.3 Å². The lowest BCUT2D eigenvalue weighted by Gasteiger charge is -2.34. The summed E-state index contributed by atoms with van der Waals surface area (Å²) in [5, 5.41) is 9.21. The largest absolute Gasteiger partial charge is 0.396 e. The van der Waals surface area contributed by atoms with E-state index in [2.05, 4.69) is 20.7 Å². The Morgan fingerprint density at radius 2 is 1.91 bits per heavy atom. The van der Waals surface area contributed by atoms with E-state index >= 15 is 0 Å². The molecule has 0 aromatic heterocycles. The summed E-state index contributed by atoms with van der Waals surface area (Å²) in [4.78, 5) is 0. The summed E-state index contributed by atoms with van der Waals surface area (Å²) in [6, 6.07) is 2.14. The second kappa shape index (κ2) is 7.42. The van der Waals surface area contributed by atoms with Crippen LogP contribution in [0.2, 0.25) is 0 Å². The molecule has 2 atom stereocenters. The number of nitrogens with one attached hydrogen (secondary N) is 1. The minimum atomic E-state index is -1.78. The van der Waals surface area contributed by atoms with Crippen molar-refractivity contribution in [1.29, 1.82) is 0 Å². The first-order chi connectivity index (χ1) is 10.1. The van der Waals surface area contributed by atoms with Crippen LogP contribution in [0.5, 0.6) is 0 Å². The van der Waals surface area contributed by atoms with E-state index < -0.39 is 46.2 Å². The van der Waals surface area contributed by atoms with E-state index in [4.69, 9.17) is 0 Å². The van der Waals surface area contributed by atoms with Crippen molar-refractivity contribution < 1.29 is 22.5 Å². The van der Waals surface area contributed by atoms with Crippen molar-refractivity contribution in [2.24, 2.45) is 0 Å². The molecule has 0 saturated carbocycles. The van der Waals surface area contributed by atoms with Gasteiger partial charge in [0, 0.05) is 16.6 Å². The molecule has 0 unspecified atom stereocenters. The first-order valence-electron chi connectivity index (χ1n) is 6.59. The number of halogens is 4. The second-order valence-electron chi connectivity index (χ2n) is 5.92. The Bertz CT molecular complexity index is 566. The molecule has 0 heterocycles. The molecule has 0 aliphatic carbocycles. The third-order valence-corrected chi connectivity index (χ3v) is 5.27. The van der Waals surface area contributed by atoms with Gasteiger partial charge in [0.2, 0.25) is 0 Å². The molecule has 0 aliphatic rings. The van der Waals surface area contributed by atoms with E-state index in [9.17, 15) is 22.5 Å². The molecular formula is C14H19BrF3NO2S. The molecule has 8 heteroatoms. The number of benzene rings is 1. The van der Waals surface area contributed by atoms with Gasteiger partial charge >= 0.3 is 0 Å². The minimum absolute atomic E-state index is 0.223. The lowest BCUT2D eigenvalue weighted by atomic mass is 9.88. The molecule has 1 aromatic carbocycles. The zero-order chi connectivity index (χ0) is 17.1. The standard InChI is InChI=1S/C14H19BrF3NO2S/c1-13(2,3)22(21)19-14(8-16,4-5-20)10-6-9(15)7-11(17)12(10)18/h6-7,19-20H,4-5,8H2,1-3H3/t14-,22-/m1/s1. The van der Waals surface area contributed by atoms with Crippen LogP contribution in [0.25, 0.3) is 0 Å². The summed E-state index contributed by atoms with van der Waals surface area (Å²) >= 11 is 3.03. The van der Waals surface area contributed by atoms with Crippen LogP contribution in [0.1, 0.15) is 32.8 Å². The van der Waals surface area contributed by atoms with Gasteiger partial charge in [0.15, 0.2) is 11.6 Å². The Hall–Kier alpha value is -0.440. The fourth-order valence-electron chi connectivity index (χ4n) is 1.83. The summed E-state index contributed by atoms with van der Waals surface area (Å²) in [5.41, 5.74) is -2.09. The molecule has 0 spiro atoms. The third kappa shape index (κ3) is 4.31. The summed E-state index contributed by atoms with van der Waals surface area (Å²) in [5.74, 6) is -2.38. The van der Waals surface area contributed by atoms with Gasteiger partial charge in [-0.1, -0.05) is 15.9 Å². The van der Waals surface area contributed by atoms with Gasteiger partial charge in [-0.25, -0.2) is 22.1 Å².